The van der Waals surface area contributed by atoms with Gasteiger partial charge in [-0.15, -0.1) is 14.6 Å². The Balaban J connectivity index is -0.000000898. The molecule has 17 heteroatoms. The Bertz CT molecular complexity index is 1580. The van der Waals surface area contributed by atoms with Crippen LogP contribution in [0.2, 0.25) is 0 Å². The van der Waals surface area contributed by atoms with Crippen molar-refractivity contribution in [1.82, 2.24) is 0 Å². The summed E-state index contributed by atoms with van der Waals surface area (Å²) >= 11 is 0.461. The average Bonchev–Trinajstić information content (AvgIpc) is 2.97. The van der Waals surface area contributed by atoms with Crippen LogP contribution in [0.3, 0.4) is 0 Å². The van der Waals surface area contributed by atoms with Crippen molar-refractivity contribution in [2.75, 3.05) is 5.73 Å². The van der Waals surface area contributed by atoms with Crippen LogP contribution in [0.4, 0.5) is 28.4 Å². The van der Waals surface area contributed by atoms with Crippen LogP contribution in [0.1, 0.15) is 27.7 Å². The molecule has 5 N–H and O–H groups in total. The van der Waals surface area contributed by atoms with Crippen molar-refractivity contribution in [2.45, 2.75) is 37.5 Å². The number of phenols is 1. The molecule has 0 aliphatic rings. The van der Waals surface area contributed by atoms with E-state index in [0.29, 0.717) is 23.4 Å². The third kappa shape index (κ3) is 14.6. The zero-order chi connectivity index (χ0) is 29.7. The summed E-state index contributed by atoms with van der Waals surface area (Å²) in [5.74, 6) is -0.494. The zero-order valence-corrected chi connectivity index (χ0v) is 36.0. The molecule has 0 bridgehead atoms. The van der Waals surface area contributed by atoms with Gasteiger partial charge in [0, 0.05) is 98.1 Å². The second kappa shape index (κ2) is 26.4. The van der Waals surface area contributed by atoms with Crippen molar-refractivity contribution in [1.29, 1.82) is 0 Å². The largest absolute Gasteiger partial charge is 0.505 e. The summed E-state index contributed by atoms with van der Waals surface area (Å²) in [5, 5.41) is 39.4. The molecular formula is C28H35N5O7S2Y3-2. The maximum absolute atomic E-state index is 12.1. The Labute approximate surface area is 344 Å². The summed E-state index contributed by atoms with van der Waals surface area (Å²) < 4.78 is 38.6. The molecule has 0 amide bonds. The summed E-state index contributed by atoms with van der Waals surface area (Å²) in [6.45, 7) is 8.00. The zero-order valence-electron chi connectivity index (χ0n) is 25.8. The first-order chi connectivity index (χ1) is 19.3. The molecule has 4 rings (SSSR count). The van der Waals surface area contributed by atoms with Crippen molar-refractivity contribution in [3.05, 3.63) is 87.6 Å². The molecule has 0 aromatic heterocycles. The molecule has 0 spiro atoms. The Morgan fingerprint density at radius 1 is 0.756 bits per heavy atom. The van der Waals surface area contributed by atoms with Gasteiger partial charge in [0.05, 0.1) is 39.4 Å². The Morgan fingerprint density at radius 2 is 1.20 bits per heavy atom. The van der Waals surface area contributed by atoms with Crippen LogP contribution in [0.25, 0.3) is 10.8 Å². The van der Waals surface area contributed by atoms with Crippen LogP contribution >= 0.6 is 12.0 Å². The summed E-state index contributed by atoms with van der Waals surface area (Å²) in [6.07, 6.45) is 0. The van der Waals surface area contributed by atoms with E-state index >= 15 is 0 Å². The molecule has 0 aliphatic heterocycles. The Morgan fingerprint density at radius 3 is 1.62 bits per heavy atom. The number of benzene rings is 4. The first-order valence-electron chi connectivity index (χ1n) is 12.0. The van der Waals surface area contributed by atoms with Gasteiger partial charge in [0.25, 0.3) is 10.1 Å². The van der Waals surface area contributed by atoms with E-state index in [1.54, 1.807) is 60.7 Å². The first kappa shape index (κ1) is 51.2. The third-order valence-corrected chi connectivity index (χ3v) is 6.28. The van der Waals surface area contributed by atoms with Gasteiger partial charge in [0.1, 0.15) is 16.3 Å². The molecule has 0 fully saturated rings. The van der Waals surface area contributed by atoms with E-state index in [4.69, 9.17) is 11.0 Å². The molecule has 4 aromatic carbocycles. The molecule has 237 valence electrons. The first-order valence-corrected chi connectivity index (χ1v) is 14.2. The molecular weight excluding hydrogens is 849 g/mol. The van der Waals surface area contributed by atoms with Gasteiger partial charge < -0.3 is 25.7 Å². The molecule has 0 aliphatic carbocycles. The molecule has 4 aromatic rings. The number of azo groups is 2. The SMILES string of the molecule is CC.CC.Nc1c(N=Nc2ccccc2)c(S(=O)(=O)O)cc2cc(SOOO)c(N=Nc3ccccc3)c(O)c12.[CH3-].[CH3-].[Y].[Y].[Y]. The molecule has 0 saturated heterocycles. The van der Waals surface area contributed by atoms with Gasteiger partial charge in [-0.05, 0) is 41.8 Å². The number of nitrogens with two attached hydrogens (primary N) is 1. The predicted octanol–water partition coefficient (Wildman–Crippen LogP) is 9.58. The van der Waals surface area contributed by atoms with Crippen molar-refractivity contribution in [3.8, 4) is 5.75 Å². The molecule has 0 heterocycles. The summed E-state index contributed by atoms with van der Waals surface area (Å²) in [4.78, 5) is -0.561. The van der Waals surface area contributed by atoms with Crippen molar-refractivity contribution < 1.29 is 131 Å². The quantitative estimate of drug-likeness (QED) is 0.0254. The molecule has 0 saturated carbocycles. The summed E-state index contributed by atoms with van der Waals surface area (Å²) in [6, 6.07) is 19.5. The van der Waals surface area contributed by atoms with Gasteiger partial charge in [-0.3, -0.25) is 4.55 Å². The van der Waals surface area contributed by atoms with Crippen LogP contribution < -0.4 is 5.73 Å². The molecule has 0 unspecified atom stereocenters. The van der Waals surface area contributed by atoms with Gasteiger partial charge in [-0.1, -0.05) is 69.1 Å². The van der Waals surface area contributed by atoms with E-state index < -0.39 is 20.8 Å². The third-order valence-electron chi connectivity index (χ3n) is 4.79. The maximum atomic E-state index is 12.1. The Kier molecular flexibility index (Phi) is 30.0. The number of anilines is 1. The fraction of sp³-hybridized carbons (Fsp3) is 0.143. The second-order valence-corrected chi connectivity index (χ2v) is 9.21. The monoisotopic (exact) mass is 884 g/mol. The van der Waals surface area contributed by atoms with Crippen molar-refractivity contribution >= 4 is 61.4 Å². The average molecular weight is 884 g/mol. The number of hydrogen-bond acceptors (Lipinski definition) is 12. The van der Waals surface area contributed by atoms with Gasteiger partial charge >= 0.3 is 0 Å². The normalized spacial score (nSPS) is 10.0. The van der Waals surface area contributed by atoms with Crippen LogP contribution in [-0.4, -0.2) is 23.3 Å². The van der Waals surface area contributed by atoms with E-state index in [1.807, 2.05) is 27.7 Å². The molecule has 45 heavy (non-hydrogen) atoms. The van der Waals surface area contributed by atoms with E-state index in [1.165, 1.54) is 6.07 Å². The summed E-state index contributed by atoms with van der Waals surface area (Å²) in [7, 11) is -4.81. The van der Waals surface area contributed by atoms with E-state index in [9.17, 15) is 18.1 Å². The van der Waals surface area contributed by atoms with Crippen molar-refractivity contribution in [3.63, 3.8) is 0 Å². The second-order valence-electron chi connectivity index (χ2n) is 7.08. The maximum Gasteiger partial charge on any atom is 0.296 e. The van der Waals surface area contributed by atoms with E-state index in [0.717, 1.165) is 6.07 Å². The Hall–Kier alpha value is -0.608. The molecule has 12 nitrogen and oxygen atoms in total. The van der Waals surface area contributed by atoms with Crippen LogP contribution in [0.5, 0.6) is 5.75 Å². The number of nitrogens with zero attached hydrogens (tertiary/aromatic N) is 4. The fourth-order valence-electron chi connectivity index (χ4n) is 3.23. The minimum atomic E-state index is -4.81. The molecule has 0 atom stereocenters. The predicted molar refractivity (Wildman–Crippen MR) is 167 cm³/mol. The molecule has 3 radical (unpaired) electrons. The standard InChI is InChI=1S/C22H17N5O7S2.2C2H6.2CH3.3Y/c23-19-18-13(12-17(36(30,31)32)21(19)27-25-15-9-5-2-6-10-15)11-16(35-34-33-29)20(22(18)28)26-24-14-7-3-1-4-8-14;2*1-2;;;;;/h1-12,28-29H,23H2,(H,30,31,32);2*1-2H3;2*1H3;;;/q;;;2*-1;;;. The minimum absolute atomic E-state index is 0. The number of phenolic OH excluding ortho intramolecular Hbond substituents is 1. The minimum Gasteiger partial charge on any atom is -0.505 e. The van der Waals surface area contributed by atoms with Gasteiger partial charge in [0.2, 0.25) is 0 Å². The van der Waals surface area contributed by atoms with Crippen LogP contribution in [-0.2, 0) is 118 Å². The number of fused-ring (bicyclic) bond motifs is 1. The van der Waals surface area contributed by atoms with Gasteiger partial charge in [0.15, 0.2) is 5.75 Å². The van der Waals surface area contributed by atoms with Crippen LogP contribution in [0, 0.1) is 14.9 Å². The van der Waals surface area contributed by atoms with Gasteiger partial charge in [-0.25, -0.2) is 5.26 Å². The number of nitrogen functional groups attached to an aromatic ring is 1. The number of aromatic hydroxyl groups is 1. The van der Waals surface area contributed by atoms with Crippen LogP contribution in [0.15, 0.2) is 103 Å². The van der Waals surface area contributed by atoms with Crippen molar-refractivity contribution in [2.24, 2.45) is 20.5 Å². The fourth-order valence-corrected chi connectivity index (χ4v) is 4.39. The topological polar surface area (TPSA) is 189 Å². The van der Waals surface area contributed by atoms with E-state index in [-0.39, 0.29) is 146 Å². The van der Waals surface area contributed by atoms with E-state index in [2.05, 4.69) is 29.8 Å². The number of rotatable bonds is 8. The van der Waals surface area contributed by atoms with Gasteiger partial charge in [-0.2, -0.15) is 18.6 Å². The summed E-state index contributed by atoms with van der Waals surface area (Å²) in [5.41, 5.74) is 6.32. The smallest absolute Gasteiger partial charge is 0.296 e. The number of hydrogen-bond donors (Lipinski definition) is 4.